The first-order valence-corrected chi connectivity index (χ1v) is 17.2. The van der Waals surface area contributed by atoms with Crippen LogP contribution in [-0.2, 0) is 32.6 Å². The van der Waals surface area contributed by atoms with Crippen LogP contribution in [0.15, 0.2) is 95.9 Å². The Labute approximate surface area is 282 Å². The molecule has 46 heavy (non-hydrogen) atoms. The number of nitrogens with zero attached hydrogens (tertiary/aromatic N) is 2. The molecule has 242 valence electrons. The number of amides is 2. The number of benzene rings is 4. The zero-order chi connectivity index (χ0) is 33.6. The van der Waals surface area contributed by atoms with Crippen LogP contribution in [0.25, 0.3) is 0 Å². The molecular weight excluding hydrogens is 641 g/mol. The van der Waals surface area contributed by atoms with Crippen molar-refractivity contribution in [2.24, 2.45) is 0 Å². The summed E-state index contributed by atoms with van der Waals surface area (Å²) in [6.07, 6.45) is 0.209. The first-order valence-electron chi connectivity index (χ1n) is 15.0. The Hall–Kier alpha value is -3.85. The van der Waals surface area contributed by atoms with Crippen molar-refractivity contribution in [3.63, 3.8) is 0 Å². The van der Waals surface area contributed by atoms with Crippen LogP contribution in [0.5, 0.6) is 0 Å². The van der Waals surface area contributed by atoms with E-state index in [4.69, 9.17) is 23.2 Å². The average Bonchev–Trinajstić information content (AvgIpc) is 3.00. The molecule has 0 unspecified atom stereocenters. The summed E-state index contributed by atoms with van der Waals surface area (Å²) < 4.78 is 29.7. The topological polar surface area (TPSA) is 86.8 Å². The molecule has 0 fully saturated rings. The van der Waals surface area contributed by atoms with Crippen molar-refractivity contribution in [1.82, 2.24) is 10.2 Å². The largest absolute Gasteiger partial charge is 0.352 e. The molecule has 0 heterocycles. The van der Waals surface area contributed by atoms with Crippen LogP contribution >= 0.6 is 23.2 Å². The van der Waals surface area contributed by atoms with Crippen molar-refractivity contribution in [2.45, 2.75) is 64.6 Å². The molecule has 7 nitrogen and oxygen atoms in total. The number of halogens is 2. The molecule has 0 aliphatic rings. The van der Waals surface area contributed by atoms with Crippen LogP contribution in [-0.4, -0.2) is 43.8 Å². The Morgan fingerprint density at radius 3 is 2.04 bits per heavy atom. The van der Waals surface area contributed by atoms with Gasteiger partial charge in [-0.25, -0.2) is 8.42 Å². The van der Waals surface area contributed by atoms with E-state index in [0.29, 0.717) is 26.9 Å². The zero-order valence-electron chi connectivity index (χ0n) is 26.6. The minimum Gasteiger partial charge on any atom is -0.352 e. The summed E-state index contributed by atoms with van der Waals surface area (Å²) in [5, 5.41) is 3.61. The fourth-order valence-electron chi connectivity index (χ4n) is 5.21. The predicted octanol–water partition coefficient (Wildman–Crippen LogP) is 7.28. The smallest absolute Gasteiger partial charge is 0.264 e. The molecule has 0 bridgehead atoms. The third kappa shape index (κ3) is 8.69. The quantitative estimate of drug-likeness (QED) is 0.171. The summed E-state index contributed by atoms with van der Waals surface area (Å²) in [6, 6.07) is 25.2. The average molecular weight is 681 g/mol. The maximum Gasteiger partial charge on any atom is 0.264 e. The molecular formula is C36H39Cl2N3O4S. The maximum absolute atomic E-state index is 14.6. The first kappa shape index (κ1) is 35.0. The van der Waals surface area contributed by atoms with Crippen molar-refractivity contribution in [2.75, 3.05) is 10.8 Å². The summed E-state index contributed by atoms with van der Waals surface area (Å²) in [7, 11) is -4.20. The summed E-state index contributed by atoms with van der Waals surface area (Å²) >= 11 is 12.5. The highest BCUT2D eigenvalue weighted by Gasteiger charge is 2.35. The molecule has 0 radical (unpaired) electrons. The normalized spacial score (nSPS) is 12.1. The molecule has 4 aromatic carbocycles. The van der Waals surface area contributed by atoms with Crippen LogP contribution in [0, 0.1) is 20.8 Å². The molecule has 0 saturated carbocycles. The molecule has 0 aliphatic carbocycles. The lowest BCUT2D eigenvalue weighted by molar-refractivity contribution is -0.140. The molecule has 1 N–H and O–H groups in total. The fourth-order valence-corrected chi connectivity index (χ4v) is 7.00. The minimum atomic E-state index is -4.20. The SMILES string of the molecule is Cc1ccc(S(=O)(=O)N(CC(=O)N(Cc2ccc(Cl)c(Cl)c2)[C@@H](Cc2ccccc2)C(=O)NC(C)C)c2ccc(C)cc2C)cc1. The highest BCUT2D eigenvalue weighted by molar-refractivity contribution is 7.92. The van der Waals surface area contributed by atoms with Gasteiger partial charge in [-0.05, 0) is 81.6 Å². The van der Waals surface area contributed by atoms with E-state index in [1.807, 2.05) is 77.1 Å². The number of carbonyl (C=O) groups excluding carboxylic acids is 2. The van der Waals surface area contributed by atoms with Crippen molar-refractivity contribution < 1.29 is 18.0 Å². The molecule has 4 aromatic rings. The molecule has 2 amide bonds. The van der Waals surface area contributed by atoms with Crippen LogP contribution in [0.4, 0.5) is 5.69 Å². The van der Waals surface area contributed by atoms with Gasteiger partial charge in [0.2, 0.25) is 11.8 Å². The zero-order valence-corrected chi connectivity index (χ0v) is 29.0. The van der Waals surface area contributed by atoms with Gasteiger partial charge in [-0.2, -0.15) is 0 Å². The Morgan fingerprint density at radius 1 is 0.783 bits per heavy atom. The van der Waals surface area contributed by atoms with E-state index in [1.165, 1.54) is 17.0 Å². The van der Waals surface area contributed by atoms with E-state index in [0.717, 1.165) is 21.0 Å². The van der Waals surface area contributed by atoms with E-state index < -0.39 is 28.5 Å². The molecule has 0 aliphatic heterocycles. The Balaban J connectivity index is 1.84. The molecule has 0 aromatic heterocycles. The van der Waals surface area contributed by atoms with Crippen molar-refractivity contribution in [1.29, 1.82) is 0 Å². The lowest BCUT2D eigenvalue weighted by atomic mass is 10.0. The highest BCUT2D eigenvalue weighted by Crippen LogP contribution is 2.29. The molecule has 1 atom stereocenters. The van der Waals surface area contributed by atoms with Gasteiger partial charge in [-0.15, -0.1) is 0 Å². The number of rotatable bonds is 12. The number of sulfonamides is 1. The van der Waals surface area contributed by atoms with Gasteiger partial charge in [0.25, 0.3) is 10.0 Å². The second kappa shape index (κ2) is 15.2. The van der Waals surface area contributed by atoms with Crippen molar-refractivity contribution in [3.8, 4) is 0 Å². The van der Waals surface area contributed by atoms with Gasteiger partial charge in [0, 0.05) is 19.0 Å². The summed E-state index contributed by atoms with van der Waals surface area (Å²) in [5.41, 5.74) is 4.41. The molecule has 10 heteroatoms. The van der Waals surface area contributed by atoms with E-state index in [9.17, 15) is 18.0 Å². The van der Waals surface area contributed by atoms with Crippen LogP contribution < -0.4 is 9.62 Å². The lowest BCUT2D eigenvalue weighted by Crippen LogP contribution is -2.54. The highest BCUT2D eigenvalue weighted by atomic mass is 35.5. The van der Waals surface area contributed by atoms with Gasteiger partial charge in [0.05, 0.1) is 20.6 Å². The third-order valence-electron chi connectivity index (χ3n) is 7.55. The Bertz CT molecular complexity index is 1800. The monoisotopic (exact) mass is 679 g/mol. The van der Waals surface area contributed by atoms with Gasteiger partial charge < -0.3 is 10.2 Å². The summed E-state index contributed by atoms with van der Waals surface area (Å²) in [4.78, 5) is 29.9. The standard InChI is InChI=1S/C36H39Cl2N3O4S/c1-24(2)39-36(43)34(21-28-9-7-6-8-10-28)40(22-29-14-17-31(37)32(38)20-29)35(42)23-41(33-18-13-26(4)19-27(33)5)46(44,45)30-15-11-25(3)12-16-30/h6-20,24,34H,21-23H2,1-5H3,(H,39,43)/t34-/m0/s1. The predicted molar refractivity (Wildman–Crippen MR) is 186 cm³/mol. The first-order chi connectivity index (χ1) is 21.8. The van der Waals surface area contributed by atoms with E-state index >= 15 is 0 Å². The van der Waals surface area contributed by atoms with Crippen LogP contribution in [0.1, 0.15) is 41.7 Å². The molecule has 0 spiro atoms. The Kier molecular flexibility index (Phi) is 11.5. The maximum atomic E-state index is 14.6. The van der Waals surface area contributed by atoms with Gasteiger partial charge in [0.15, 0.2) is 0 Å². The summed E-state index contributed by atoms with van der Waals surface area (Å²) in [6.45, 7) is 8.74. The lowest BCUT2D eigenvalue weighted by Gasteiger charge is -2.34. The van der Waals surface area contributed by atoms with Gasteiger partial charge in [0.1, 0.15) is 12.6 Å². The second-order valence-electron chi connectivity index (χ2n) is 11.8. The summed E-state index contributed by atoms with van der Waals surface area (Å²) in [5.74, 6) is -0.909. The number of hydrogen-bond acceptors (Lipinski definition) is 4. The third-order valence-corrected chi connectivity index (χ3v) is 10.1. The fraction of sp³-hybridized carbons (Fsp3) is 0.278. The Morgan fingerprint density at radius 2 is 1.43 bits per heavy atom. The van der Waals surface area contributed by atoms with Crippen molar-refractivity contribution >= 4 is 50.7 Å². The van der Waals surface area contributed by atoms with E-state index in [1.54, 1.807) is 36.4 Å². The number of hydrogen-bond donors (Lipinski definition) is 1. The molecule has 4 rings (SSSR count). The van der Waals surface area contributed by atoms with Crippen LogP contribution in [0.3, 0.4) is 0 Å². The van der Waals surface area contributed by atoms with E-state index in [-0.39, 0.29) is 29.8 Å². The number of aryl methyl sites for hydroxylation is 3. The second-order valence-corrected chi connectivity index (χ2v) is 14.4. The number of anilines is 1. The van der Waals surface area contributed by atoms with Crippen LogP contribution in [0.2, 0.25) is 10.0 Å². The van der Waals surface area contributed by atoms with Crippen molar-refractivity contribution in [3.05, 3.63) is 129 Å². The number of carbonyl (C=O) groups is 2. The molecule has 0 saturated heterocycles. The number of nitrogens with one attached hydrogen (secondary N) is 1. The van der Waals surface area contributed by atoms with Gasteiger partial charge >= 0.3 is 0 Å². The van der Waals surface area contributed by atoms with Gasteiger partial charge in [-0.1, -0.05) is 95.0 Å². The van der Waals surface area contributed by atoms with E-state index in [2.05, 4.69) is 5.32 Å². The minimum absolute atomic E-state index is 0.00988. The van der Waals surface area contributed by atoms with Gasteiger partial charge in [-0.3, -0.25) is 13.9 Å².